The van der Waals surface area contributed by atoms with Crippen LogP contribution in [0.4, 0.5) is 0 Å². The van der Waals surface area contributed by atoms with Crippen molar-refractivity contribution in [2.45, 2.75) is 0 Å². The van der Waals surface area contributed by atoms with Gasteiger partial charge >= 0.3 is 0 Å². The Morgan fingerprint density at radius 2 is 1.77 bits per heavy atom. The van der Waals surface area contributed by atoms with Gasteiger partial charge in [-0.15, -0.1) is 0 Å². The Kier molecular flexibility index (Phi) is 3.84. The van der Waals surface area contributed by atoms with Gasteiger partial charge in [-0.25, -0.2) is 9.97 Å². The molecule has 0 saturated carbocycles. The van der Waals surface area contributed by atoms with Gasteiger partial charge in [0.2, 0.25) is 5.88 Å². The van der Waals surface area contributed by atoms with E-state index in [2.05, 4.69) is 24.6 Å². The van der Waals surface area contributed by atoms with Crippen molar-refractivity contribution in [3.05, 3.63) is 84.7 Å². The van der Waals surface area contributed by atoms with Gasteiger partial charge in [-0.2, -0.15) is 5.10 Å². The van der Waals surface area contributed by atoms with Crippen LogP contribution in [0.3, 0.4) is 0 Å². The predicted octanol–water partition coefficient (Wildman–Crippen LogP) is 5.09. The average molecular weight is 427 g/mol. The van der Waals surface area contributed by atoms with Crippen molar-refractivity contribution in [3.63, 3.8) is 0 Å². The molecule has 5 heterocycles. The van der Waals surface area contributed by atoms with Crippen LogP contribution in [0, 0.1) is 0 Å². The van der Waals surface area contributed by atoms with Crippen molar-refractivity contribution in [2.75, 3.05) is 0 Å². The van der Waals surface area contributed by atoms with Gasteiger partial charge in [0.1, 0.15) is 11.5 Å². The van der Waals surface area contributed by atoms with E-state index in [9.17, 15) is 5.11 Å². The SMILES string of the molecule is Oc1c2ccc(-c3cnc4ccc(-c5cn[nH]c5)cn34)cc2cn1-c1ccc(Cl)cn1. The molecule has 0 aliphatic heterocycles. The molecule has 0 amide bonds. The molecule has 0 unspecified atom stereocenters. The van der Waals surface area contributed by atoms with E-state index in [0.29, 0.717) is 10.8 Å². The standard InChI is InChI=1S/C23H15ClN6O/c24-18-3-6-22(25-10-18)30-13-16-7-14(1-4-19(16)23(30)31)20-11-26-21-5-2-15(12-29(20)21)17-8-27-28-9-17/h1-13,31H,(H,27,28). The summed E-state index contributed by atoms with van der Waals surface area (Å²) in [5, 5.41) is 19.8. The molecular weight excluding hydrogens is 412 g/mol. The number of fused-ring (bicyclic) bond motifs is 2. The van der Waals surface area contributed by atoms with Gasteiger partial charge in [-0.3, -0.25) is 14.1 Å². The fourth-order valence-corrected chi connectivity index (χ4v) is 3.93. The van der Waals surface area contributed by atoms with E-state index in [1.54, 1.807) is 29.1 Å². The van der Waals surface area contributed by atoms with Crippen LogP contribution >= 0.6 is 11.6 Å². The highest BCUT2D eigenvalue weighted by atomic mass is 35.5. The third-order valence-corrected chi connectivity index (χ3v) is 5.60. The molecule has 7 nitrogen and oxygen atoms in total. The quantitative estimate of drug-likeness (QED) is 0.413. The van der Waals surface area contributed by atoms with Crippen molar-refractivity contribution < 1.29 is 5.11 Å². The molecule has 0 bridgehead atoms. The molecule has 2 N–H and O–H groups in total. The van der Waals surface area contributed by atoms with E-state index >= 15 is 0 Å². The number of hydrogen-bond donors (Lipinski definition) is 2. The third kappa shape index (κ3) is 2.86. The zero-order valence-corrected chi connectivity index (χ0v) is 16.8. The molecule has 6 aromatic rings. The number of aromatic hydroxyl groups is 1. The summed E-state index contributed by atoms with van der Waals surface area (Å²) in [6, 6.07) is 13.5. The number of rotatable bonds is 3. The summed E-state index contributed by atoms with van der Waals surface area (Å²) in [6.07, 6.45) is 11.0. The molecule has 6 rings (SSSR count). The Morgan fingerprint density at radius 1 is 0.871 bits per heavy atom. The predicted molar refractivity (Wildman–Crippen MR) is 120 cm³/mol. The minimum atomic E-state index is 0.136. The largest absolute Gasteiger partial charge is 0.494 e. The highest BCUT2D eigenvalue weighted by Crippen LogP contribution is 2.33. The molecule has 0 atom stereocenters. The molecular formula is C23H15ClN6O. The monoisotopic (exact) mass is 426 g/mol. The van der Waals surface area contributed by atoms with Crippen LogP contribution < -0.4 is 0 Å². The number of H-pyrrole nitrogens is 1. The van der Waals surface area contributed by atoms with Crippen molar-refractivity contribution in [3.8, 4) is 34.1 Å². The van der Waals surface area contributed by atoms with Crippen molar-refractivity contribution in [1.82, 2.24) is 29.1 Å². The first kappa shape index (κ1) is 17.7. The summed E-state index contributed by atoms with van der Waals surface area (Å²) in [5.74, 6) is 0.732. The highest BCUT2D eigenvalue weighted by molar-refractivity contribution is 6.30. The van der Waals surface area contributed by atoms with E-state index in [-0.39, 0.29) is 5.88 Å². The minimum Gasteiger partial charge on any atom is -0.494 e. The van der Waals surface area contributed by atoms with Crippen LogP contribution in [0.1, 0.15) is 0 Å². The number of hydrogen-bond acceptors (Lipinski definition) is 4. The Bertz CT molecular complexity index is 1550. The van der Waals surface area contributed by atoms with Crippen molar-refractivity contribution in [1.29, 1.82) is 0 Å². The first-order valence-electron chi connectivity index (χ1n) is 9.60. The first-order chi connectivity index (χ1) is 15.2. The average Bonchev–Trinajstić information content (AvgIpc) is 3.53. The Hall–Kier alpha value is -4.10. The van der Waals surface area contributed by atoms with E-state index in [1.165, 1.54) is 0 Å². The van der Waals surface area contributed by atoms with Crippen LogP contribution in [-0.4, -0.2) is 34.2 Å². The molecule has 5 aromatic heterocycles. The first-order valence-corrected chi connectivity index (χ1v) is 9.98. The molecule has 0 aliphatic rings. The normalized spacial score (nSPS) is 11.5. The molecule has 0 fully saturated rings. The lowest BCUT2D eigenvalue weighted by molar-refractivity contribution is 0.447. The topological polar surface area (TPSA) is 84.0 Å². The van der Waals surface area contributed by atoms with Crippen molar-refractivity contribution >= 4 is 28.0 Å². The molecule has 0 aliphatic carbocycles. The van der Waals surface area contributed by atoms with Crippen LogP contribution in [0.2, 0.25) is 5.02 Å². The molecule has 31 heavy (non-hydrogen) atoms. The number of benzene rings is 1. The Labute approximate surface area is 181 Å². The number of nitrogens with zero attached hydrogens (tertiary/aromatic N) is 5. The van der Waals surface area contributed by atoms with Gasteiger partial charge in [-0.05, 0) is 36.4 Å². The summed E-state index contributed by atoms with van der Waals surface area (Å²) in [7, 11) is 0. The zero-order valence-electron chi connectivity index (χ0n) is 16.1. The van der Waals surface area contributed by atoms with Crippen molar-refractivity contribution in [2.24, 2.45) is 0 Å². The lowest BCUT2D eigenvalue weighted by atomic mass is 10.1. The maximum absolute atomic E-state index is 10.7. The Morgan fingerprint density at radius 3 is 2.58 bits per heavy atom. The van der Waals surface area contributed by atoms with Crippen LogP contribution in [0.25, 0.3) is 44.6 Å². The molecule has 150 valence electrons. The summed E-state index contributed by atoms with van der Waals surface area (Å²) in [5.41, 5.74) is 4.85. The van der Waals surface area contributed by atoms with E-state index in [4.69, 9.17) is 11.6 Å². The maximum atomic E-state index is 10.7. The van der Waals surface area contributed by atoms with E-state index in [0.717, 1.165) is 38.8 Å². The highest BCUT2D eigenvalue weighted by Gasteiger charge is 2.14. The molecule has 1 aromatic carbocycles. The lowest BCUT2D eigenvalue weighted by Crippen LogP contribution is -1.93. The van der Waals surface area contributed by atoms with Gasteiger partial charge in [0, 0.05) is 52.3 Å². The summed E-state index contributed by atoms with van der Waals surface area (Å²) in [6.45, 7) is 0. The maximum Gasteiger partial charge on any atom is 0.204 e. The smallest absolute Gasteiger partial charge is 0.204 e. The van der Waals surface area contributed by atoms with Gasteiger partial charge in [0.05, 0.1) is 23.1 Å². The second kappa shape index (κ2) is 6.72. The minimum absolute atomic E-state index is 0.136. The summed E-state index contributed by atoms with van der Waals surface area (Å²) >= 11 is 5.94. The number of halogens is 1. The summed E-state index contributed by atoms with van der Waals surface area (Å²) < 4.78 is 3.71. The molecule has 8 heteroatoms. The number of aromatic nitrogens is 6. The van der Waals surface area contributed by atoms with E-state index in [1.807, 2.05) is 55.1 Å². The van der Waals surface area contributed by atoms with Gasteiger partial charge < -0.3 is 5.11 Å². The number of aromatic amines is 1. The second-order valence-electron chi connectivity index (χ2n) is 7.24. The zero-order chi connectivity index (χ0) is 20.9. The molecule has 0 spiro atoms. The fourth-order valence-electron chi connectivity index (χ4n) is 3.82. The molecule has 0 saturated heterocycles. The Balaban J connectivity index is 1.48. The third-order valence-electron chi connectivity index (χ3n) is 5.38. The van der Waals surface area contributed by atoms with Gasteiger partial charge in [-0.1, -0.05) is 17.7 Å². The van der Waals surface area contributed by atoms with E-state index < -0.39 is 0 Å². The van der Waals surface area contributed by atoms with Gasteiger partial charge in [0.25, 0.3) is 0 Å². The van der Waals surface area contributed by atoms with Crippen LogP contribution in [-0.2, 0) is 0 Å². The van der Waals surface area contributed by atoms with Crippen LogP contribution in [0.5, 0.6) is 5.88 Å². The molecule has 0 radical (unpaired) electrons. The number of pyridine rings is 2. The van der Waals surface area contributed by atoms with Gasteiger partial charge in [0.15, 0.2) is 0 Å². The second-order valence-corrected chi connectivity index (χ2v) is 7.67. The summed E-state index contributed by atoms with van der Waals surface area (Å²) in [4.78, 5) is 8.84. The fraction of sp³-hybridized carbons (Fsp3) is 0. The number of imidazole rings is 1. The lowest BCUT2D eigenvalue weighted by Gasteiger charge is -2.05. The van der Waals surface area contributed by atoms with Crippen LogP contribution in [0.15, 0.2) is 79.6 Å². The number of nitrogens with one attached hydrogen (secondary N) is 1.